The van der Waals surface area contributed by atoms with Crippen LogP contribution in [0.2, 0.25) is 0 Å². The van der Waals surface area contributed by atoms with Crippen LogP contribution in [0.25, 0.3) is 0 Å². The highest BCUT2D eigenvalue weighted by atomic mass is 16.5. The van der Waals surface area contributed by atoms with Crippen LogP contribution in [0.1, 0.15) is 6.42 Å². The molecule has 0 spiro atoms. The molecule has 114 valence electrons. The quantitative estimate of drug-likeness (QED) is 0.694. The number of hydrogen-bond acceptors (Lipinski definition) is 4. The maximum absolute atomic E-state index is 12.2. The number of anilines is 1. The molecule has 0 aromatic heterocycles. The van der Waals surface area contributed by atoms with Gasteiger partial charge in [-0.15, -0.1) is 0 Å². The summed E-state index contributed by atoms with van der Waals surface area (Å²) < 4.78 is 5.39. The van der Waals surface area contributed by atoms with Gasteiger partial charge in [0.15, 0.2) is 0 Å². The zero-order valence-electron chi connectivity index (χ0n) is 11.8. The summed E-state index contributed by atoms with van der Waals surface area (Å²) in [7, 11) is 1.84. The molecule has 1 atom stereocenters. The van der Waals surface area contributed by atoms with Gasteiger partial charge in [-0.05, 0) is 32.1 Å². The Kier molecular flexibility index (Phi) is 4.99. The number of ether oxygens (including phenoxy) is 1. The largest absolute Gasteiger partial charge is 0.478 e. The topological polar surface area (TPSA) is 90.9 Å². The first-order chi connectivity index (χ1) is 10.1. The van der Waals surface area contributed by atoms with Crippen LogP contribution in [0.4, 0.5) is 10.5 Å². The zero-order chi connectivity index (χ0) is 15.2. The van der Waals surface area contributed by atoms with Crippen molar-refractivity contribution < 1.29 is 19.4 Å². The van der Waals surface area contributed by atoms with Gasteiger partial charge in [-0.1, -0.05) is 12.1 Å². The van der Waals surface area contributed by atoms with Crippen LogP contribution < -0.4 is 20.3 Å². The Morgan fingerprint density at radius 1 is 1.38 bits per heavy atom. The molecule has 1 aliphatic heterocycles. The summed E-state index contributed by atoms with van der Waals surface area (Å²) in [5.74, 6) is -0.681. The Morgan fingerprint density at radius 3 is 2.86 bits per heavy atom. The Morgan fingerprint density at radius 2 is 2.14 bits per heavy atom. The number of benzene rings is 1. The van der Waals surface area contributed by atoms with E-state index in [0.717, 1.165) is 13.0 Å². The van der Waals surface area contributed by atoms with Gasteiger partial charge in [-0.3, -0.25) is 4.90 Å². The molecule has 0 fully saturated rings. The summed E-state index contributed by atoms with van der Waals surface area (Å²) in [6.07, 6.45) is -0.251. The van der Waals surface area contributed by atoms with Crippen LogP contribution in [-0.4, -0.2) is 49.9 Å². The van der Waals surface area contributed by atoms with E-state index in [1.807, 2.05) is 7.05 Å². The molecule has 1 unspecified atom stereocenters. The monoisotopic (exact) mass is 293 g/mol. The van der Waals surface area contributed by atoms with Crippen LogP contribution in [0.3, 0.4) is 0 Å². The highest BCUT2D eigenvalue weighted by Crippen LogP contribution is 2.33. The fourth-order valence-corrected chi connectivity index (χ4v) is 2.11. The lowest BCUT2D eigenvalue weighted by molar-refractivity contribution is -0.144. The molecule has 7 heteroatoms. The Balaban J connectivity index is 2.09. The molecular weight excluding hydrogens is 274 g/mol. The Bertz CT molecular complexity index is 521. The zero-order valence-corrected chi connectivity index (χ0v) is 11.8. The summed E-state index contributed by atoms with van der Waals surface area (Å²) in [6.45, 7) is 1.32. The molecule has 0 aliphatic carbocycles. The predicted octanol–water partition coefficient (Wildman–Crippen LogP) is 0.658. The molecule has 0 saturated heterocycles. The number of fused-ring (bicyclic) bond motifs is 1. The number of carbonyl (C=O) groups is 2. The minimum Gasteiger partial charge on any atom is -0.478 e. The number of para-hydroxylation sites is 2. The minimum atomic E-state index is -1.09. The number of carboxylic acids is 1. The van der Waals surface area contributed by atoms with Gasteiger partial charge in [-0.2, -0.15) is 0 Å². The summed E-state index contributed by atoms with van der Waals surface area (Å²) in [5, 5.41) is 14.9. The van der Waals surface area contributed by atoms with Crippen molar-refractivity contribution in [3.05, 3.63) is 24.3 Å². The van der Waals surface area contributed by atoms with Gasteiger partial charge in [-0.25, -0.2) is 9.59 Å². The smallest absolute Gasteiger partial charge is 0.346 e. The van der Waals surface area contributed by atoms with Crippen molar-refractivity contribution >= 4 is 17.7 Å². The molecule has 3 N–H and O–H groups in total. The van der Waals surface area contributed by atoms with E-state index in [-0.39, 0.29) is 12.6 Å². The van der Waals surface area contributed by atoms with Gasteiger partial charge >= 0.3 is 12.0 Å². The fraction of sp³-hybridized carbons (Fsp3) is 0.429. The number of aliphatic carboxylic acids is 1. The average Bonchev–Trinajstić information content (AvgIpc) is 2.50. The minimum absolute atomic E-state index is 0.00971. The summed E-state index contributed by atoms with van der Waals surface area (Å²) >= 11 is 0. The highest BCUT2D eigenvalue weighted by Gasteiger charge is 2.33. The first-order valence-electron chi connectivity index (χ1n) is 6.82. The number of carbonyl (C=O) groups excluding carboxylic acids is 1. The molecular formula is C14H19N3O4. The lowest BCUT2D eigenvalue weighted by Crippen LogP contribution is -2.50. The SMILES string of the molecule is CNCCCNC(=O)N1CC(C(=O)O)Oc2ccccc21. The van der Waals surface area contributed by atoms with Crippen molar-refractivity contribution in [2.45, 2.75) is 12.5 Å². The Labute approximate surface area is 122 Å². The molecule has 7 nitrogen and oxygen atoms in total. The third kappa shape index (κ3) is 3.63. The first-order valence-corrected chi connectivity index (χ1v) is 6.82. The van der Waals surface area contributed by atoms with E-state index in [2.05, 4.69) is 10.6 Å². The number of nitrogens with one attached hydrogen (secondary N) is 2. The summed E-state index contributed by atoms with van der Waals surface area (Å²) in [4.78, 5) is 24.8. The van der Waals surface area contributed by atoms with E-state index < -0.39 is 12.1 Å². The van der Waals surface area contributed by atoms with Crippen LogP contribution in [0.5, 0.6) is 5.75 Å². The normalized spacial score (nSPS) is 16.8. The number of amides is 2. The van der Waals surface area contributed by atoms with Crippen molar-refractivity contribution in [2.24, 2.45) is 0 Å². The highest BCUT2D eigenvalue weighted by molar-refractivity contribution is 5.95. The maximum Gasteiger partial charge on any atom is 0.346 e. The fourth-order valence-electron chi connectivity index (χ4n) is 2.11. The average molecular weight is 293 g/mol. The van der Waals surface area contributed by atoms with Crippen molar-refractivity contribution in [1.29, 1.82) is 0 Å². The molecule has 0 saturated carbocycles. The van der Waals surface area contributed by atoms with E-state index in [1.54, 1.807) is 24.3 Å². The van der Waals surface area contributed by atoms with Crippen LogP contribution >= 0.6 is 0 Å². The van der Waals surface area contributed by atoms with E-state index in [0.29, 0.717) is 18.0 Å². The molecule has 0 bridgehead atoms. The third-order valence-corrected chi connectivity index (χ3v) is 3.17. The van der Waals surface area contributed by atoms with Crippen LogP contribution in [0.15, 0.2) is 24.3 Å². The lowest BCUT2D eigenvalue weighted by atomic mass is 10.2. The summed E-state index contributed by atoms with van der Waals surface area (Å²) in [5.41, 5.74) is 0.584. The second-order valence-corrected chi connectivity index (χ2v) is 4.71. The molecule has 21 heavy (non-hydrogen) atoms. The van der Waals surface area contributed by atoms with Crippen molar-refractivity contribution in [3.63, 3.8) is 0 Å². The number of carboxylic acid groups (broad SMARTS) is 1. The molecule has 2 amide bonds. The van der Waals surface area contributed by atoms with Crippen LogP contribution in [-0.2, 0) is 4.79 Å². The van der Waals surface area contributed by atoms with Gasteiger partial charge in [0, 0.05) is 6.54 Å². The maximum atomic E-state index is 12.2. The molecule has 2 rings (SSSR count). The van der Waals surface area contributed by atoms with Gasteiger partial charge in [0.05, 0.1) is 12.2 Å². The van der Waals surface area contributed by atoms with Gasteiger partial charge < -0.3 is 20.5 Å². The van der Waals surface area contributed by atoms with E-state index in [4.69, 9.17) is 9.84 Å². The molecule has 1 aromatic rings. The molecule has 1 aliphatic rings. The predicted molar refractivity (Wildman–Crippen MR) is 77.8 cm³/mol. The van der Waals surface area contributed by atoms with E-state index in [1.165, 1.54) is 4.90 Å². The number of nitrogens with zero attached hydrogens (tertiary/aromatic N) is 1. The number of urea groups is 1. The van der Waals surface area contributed by atoms with Crippen molar-refractivity contribution in [2.75, 3.05) is 31.6 Å². The first kappa shape index (κ1) is 15.1. The standard InChI is InChI=1S/C14H19N3O4/c1-15-7-4-8-16-14(20)17-9-12(13(18)19)21-11-6-3-2-5-10(11)17/h2-3,5-6,12,15H,4,7-9H2,1H3,(H,16,20)(H,18,19). The van der Waals surface area contributed by atoms with Crippen molar-refractivity contribution in [3.8, 4) is 5.75 Å². The third-order valence-electron chi connectivity index (χ3n) is 3.17. The lowest BCUT2D eigenvalue weighted by Gasteiger charge is -2.33. The van der Waals surface area contributed by atoms with E-state index >= 15 is 0 Å². The summed E-state index contributed by atoms with van der Waals surface area (Å²) in [6, 6.07) is 6.61. The van der Waals surface area contributed by atoms with Gasteiger partial charge in [0.2, 0.25) is 6.10 Å². The van der Waals surface area contributed by atoms with Gasteiger partial charge in [0.25, 0.3) is 0 Å². The second kappa shape index (κ2) is 6.94. The Hall–Kier alpha value is -2.28. The second-order valence-electron chi connectivity index (χ2n) is 4.71. The molecule has 1 aromatic carbocycles. The van der Waals surface area contributed by atoms with E-state index in [9.17, 15) is 9.59 Å². The molecule has 1 heterocycles. The number of rotatable bonds is 5. The van der Waals surface area contributed by atoms with Crippen LogP contribution in [0, 0.1) is 0 Å². The molecule has 0 radical (unpaired) electrons. The van der Waals surface area contributed by atoms with Crippen molar-refractivity contribution in [1.82, 2.24) is 10.6 Å². The van der Waals surface area contributed by atoms with Gasteiger partial charge in [0.1, 0.15) is 5.75 Å². The number of hydrogen-bond donors (Lipinski definition) is 3.